The summed E-state index contributed by atoms with van der Waals surface area (Å²) in [5.74, 6) is 0.206. The van der Waals surface area contributed by atoms with Crippen LogP contribution in [-0.2, 0) is 11.3 Å². The molecule has 1 heterocycles. The molecule has 0 bridgehead atoms. The van der Waals surface area contributed by atoms with Crippen molar-refractivity contribution in [1.29, 1.82) is 0 Å². The molecule has 2 N–H and O–H groups in total. The molecule has 31 heavy (non-hydrogen) atoms. The number of hydrogen-bond acceptors (Lipinski definition) is 5. The lowest BCUT2D eigenvalue weighted by molar-refractivity contribution is 0.0600. The van der Waals surface area contributed by atoms with Gasteiger partial charge in [-0.1, -0.05) is 12.1 Å². The van der Waals surface area contributed by atoms with E-state index in [2.05, 4.69) is 38.3 Å². The third-order valence-electron chi connectivity index (χ3n) is 5.40. The molecule has 1 saturated heterocycles. The molecule has 0 aliphatic carbocycles. The molecule has 2 aromatic rings. The molecule has 1 aliphatic rings. The number of piperidine rings is 1. The van der Waals surface area contributed by atoms with E-state index in [0.717, 1.165) is 18.4 Å². The van der Waals surface area contributed by atoms with Crippen molar-refractivity contribution in [3.05, 3.63) is 65.2 Å². The Hall–Kier alpha value is -2.86. The summed E-state index contributed by atoms with van der Waals surface area (Å²) < 4.78 is 10.6. The third-order valence-corrected chi connectivity index (χ3v) is 5.40. The maximum absolute atomic E-state index is 12.7. The fraction of sp³-hybridized carbons (Fsp3) is 0.440. The molecule has 3 rings (SSSR count). The Labute approximate surface area is 184 Å². The van der Waals surface area contributed by atoms with Crippen LogP contribution in [0.15, 0.2) is 48.5 Å². The second kappa shape index (κ2) is 9.10. The Kier molecular flexibility index (Phi) is 6.70. The van der Waals surface area contributed by atoms with Gasteiger partial charge in [-0.05, 0) is 82.5 Å². The average Bonchev–Trinajstić information content (AvgIpc) is 2.70. The second-order valence-electron chi connectivity index (χ2n) is 9.48. The van der Waals surface area contributed by atoms with Gasteiger partial charge < -0.3 is 20.1 Å². The number of carbonyl (C=O) groups is 2. The van der Waals surface area contributed by atoms with Gasteiger partial charge in [0.25, 0.3) is 5.91 Å². The van der Waals surface area contributed by atoms with Crippen LogP contribution in [-0.4, -0.2) is 36.1 Å². The summed E-state index contributed by atoms with van der Waals surface area (Å²) in [6.07, 6.45) is 1.77. The highest BCUT2D eigenvalue weighted by molar-refractivity contribution is 5.94. The Morgan fingerprint density at radius 3 is 2.26 bits per heavy atom. The zero-order valence-corrected chi connectivity index (χ0v) is 19.0. The number of benzene rings is 2. The largest absolute Gasteiger partial charge is 0.489 e. The van der Waals surface area contributed by atoms with Crippen molar-refractivity contribution in [1.82, 2.24) is 10.6 Å². The first-order chi connectivity index (χ1) is 14.6. The quantitative estimate of drug-likeness (QED) is 0.683. The predicted molar refractivity (Wildman–Crippen MR) is 120 cm³/mol. The average molecular weight is 425 g/mol. The van der Waals surface area contributed by atoms with Crippen molar-refractivity contribution in [2.75, 3.05) is 7.11 Å². The maximum atomic E-state index is 12.7. The number of ether oxygens (including phenoxy) is 2. The van der Waals surface area contributed by atoms with Crippen LogP contribution in [0.1, 0.15) is 66.8 Å². The predicted octanol–water partition coefficient (Wildman–Crippen LogP) is 4.09. The van der Waals surface area contributed by atoms with Gasteiger partial charge in [0.15, 0.2) is 0 Å². The van der Waals surface area contributed by atoms with Crippen molar-refractivity contribution >= 4 is 11.9 Å². The van der Waals surface area contributed by atoms with Gasteiger partial charge in [0.1, 0.15) is 12.4 Å². The van der Waals surface area contributed by atoms with Crippen LogP contribution in [0.2, 0.25) is 0 Å². The lowest BCUT2D eigenvalue weighted by Crippen LogP contribution is -2.62. The van der Waals surface area contributed by atoms with Gasteiger partial charge in [0.05, 0.1) is 12.7 Å². The lowest BCUT2D eigenvalue weighted by Gasteiger charge is -2.46. The minimum Gasteiger partial charge on any atom is -0.489 e. The zero-order valence-electron chi connectivity index (χ0n) is 19.0. The summed E-state index contributed by atoms with van der Waals surface area (Å²) in [6.45, 7) is 8.98. The number of carbonyl (C=O) groups excluding carboxylic acids is 2. The molecule has 6 heteroatoms. The van der Waals surface area contributed by atoms with E-state index in [0.29, 0.717) is 23.5 Å². The summed E-state index contributed by atoms with van der Waals surface area (Å²) in [4.78, 5) is 24.4. The Morgan fingerprint density at radius 2 is 1.65 bits per heavy atom. The molecule has 0 unspecified atom stereocenters. The highest BCUT2D eigenvalue weighted by Crippen LogP contribution is 2.28. The molecular weight excluding hydrogens is 392 g/mol. The highest BCUT2D eigenvalue weighted by Gasteiger charge is 2.38. The molecule has 0 spiro atoms. The van der Waals surface area contributed by atoms with Gasteiger partial charge in [-0.15, -0.1) is 0 Å². The summed E-state index contributed by atoms with van der Waals surface area (Å²) in [7, 11) is 1.36. The van der Waals surface area contributed by atoms with Crippen molar-refractivity contribution in [2.24, 2.45) is 0 Å². The van der Waals surface area contributed by atoms with Crippen molar-refractivity contribution < 1.29 is 19.1 Å². The van der Waals surface area contributed by atoms with Gasteiger partial charge >= 0.3 is 5.97 Å². The Morgan fingerprint density at radius 1 is 1.00 bits per heavy atom. The smallest absolute Gasteiger partial charge is 0.337 e. The van der Waals surface area contributed by atoms with Gasteiger partial charge in [-0.25, -0.2) is 4.79 Å². The monoisotopic (exact) mass is 424 g/mol. The molecule has 0 saturated carbocycles. The third kappa shape index (κ3) is 6.31. The van der Waals surface area contributed by atoms with Crippen molar-refractivity contribution in [2.45, 2.75) is 64.3 Å². The molecule has 0 radical (unpaired) electrons. The number of rotatable bonds is 6. The van der Waals surface area contributed by atoms with E-state index in [9.17, 15) is 9.59 Å². The van der Waals surface area contributed by atoms with Crippen LogP contribution in [0.5, 0.6) is 5.75 Å². The number of nitrogens with one attached hydrogen (secondary N) is 2. The van der Waals surface area contributed by atoms with Crippen molar-refractivity contribution in [3.63, 3.8) is 0 Å². The van der Waals surface area contributed by atoms with Crippen molar-refractivity contribution in [3.8, 4) is 5.75 Å². The van der Waals surface area contributed by atoms with E-state index < -0.39 is 0 Å². The second-order valence-corrected chi connectivity index (χ2v) is 9.48. The lowest BCUT2D eigenvalue weighted by atomic mass is 9.79. The van der Waals surface area contributed by atoms with Crippen LogP contribution in [0.4, 0.5) is 0 Å². The molecule has 0 atom stereocenters. The number of esters is 1. The van der Waals surface area contributed by atoms with E-state index in [1.807, 2.05) is 6.07 Å². The topological polar surface area (TPSA) is 76.7 Å². The maximum Gasteiger partial charge on any atom is 0.337 e. The van der Waals surface area contributed by atoms with E-state index in [-0.39, 0.29) is 29.0 Å². The SMILES string of the molecule is COC(=O)c1cccc(COc2ccc(C(=O)NC3CC(C)(C)NC(C)(C)C3)cc2)c1. The first kappa shape index (κ1) is 22.8. The van der Waals surface area contributed by atoms with Gasteiger partial charge in [0, 0.05) is 22.7 Å². The minimum absolute atomic E-state index is 0.0252. The fourth-order valence-electron chi connectivity index (χ4n) is 4.47. The molecule has 166 valence electrons. The Balaban J connectivity index is 1.57. The van der Waals surface area contributed by atoms with E-state index in [4.69, 9.17) is 9.47 Å². The first-order valence-electron chi connectivity index (χ1n) is 10.6. The highest BCUT2D eigenvalue weighted by atomic mass is 16.5. The summed E-state index contributed by atoms with van der Waals surface area (Å²) >= 11 is 0. The number of amides is 1. The van der Waals surface area contributed by atoms with Crippen LogP contribution in [0, 0.1) is 0 Å². The van der Waals surface area contributed by atoms with Gasteiger partial charge in [-0.2, -0.15) is 0 Å². The molecule has 2 aromatic carbocycles. The first-order valence-corrected chi connectivity index (χ1v) is 10.6. The van der Waals surface area contributed by atoms with Crippen LogP contribution in [0.25, 0.3) is 0 Å². The minimum atomic E-state index is -0.377. The van der Waals surface area contributed by atoms with E-state index in [1.54, 1.807) is 42.5 Å². The van der Waals surface area contributed by atoms with Crippen LogP contribution >= 0.6 is 0 Å². The Bertz CT molecular complexity index is 919. The van der Waals surface area contributed by atoms with Gasteiger partial charge in [0.2, 0.25) is 0 Å². The van der Waals surface area contributed by atoms with Crippen LogP contribution in [0.3, 0.4) is 0 Å². The van der Waals surface area contributed by atoms with Crippen LogP contribution < -0.4 is 15.4 Å². The summed E-state index contributed by atoms with van der Waals surface area (Å²) in [5.41, 5.74) is 1.90. The molecule has 1 aliphatic heterocycles. The van der Waals surface area contributed by atoms with E-state index >= 15 is 0 Å². The number of hydrogen-bond donors (Lipinski definition) is 2. The molecule has 6 nitrogen and oxygen atoms in total. The normalized spacial score (nSPS) is 17.6. The summed E-state index contributed by atoms with van der Waals surface area (Å²) in [5, 5.41) is 6.81. The number of methoxy groups -OCH3 is 1. The zero-order chi connectivity index (χ0) is 22.6. The molecular formula is C25H32N2O4. The molecule has 1 fully saturated rings. The molecule has 0 aromatic heterocycles. The van der Waals surface area contributed by atoms with E-state index in [1.165, 1.54) is 7.11 Å². The fourth-order valence-corrected chi connectivity index (χ4v) is 4.47. The van der Waals surface area contributed by atoms with Gasteiger partial charge in [-0.3, -0.25) is 4.79 Å². The molecule has 1 amide bonds. The summed E-state index contributed by atoms with van der Waals surface area (Å²) in [6, 6.07) is 14.4. The standard InChI is InChI=1S/C25H32N2O4/c1-24(2)14-20(15-25(3,4)27-24)26-22(28)18-9-11-21(12-10-18)31-16-17-7-6-8-19(13-17)23(29)30-5/h6-13,20,27H,14-16H2,1-5H3,(H,26,28).